The number of benzene rings is 2. The van der Waals surface area contributed by atoms with Gasteiger partial charge in [-0.05, 0) is 96.2 Å². The van der Waals surface area contributed by atoms with Crippen LogP contribution in [-0.4, -0.2) is 50.8 Å². The van der Waals surface area contributed by atoms with Crippen molar-refractivity contribution < 1.29 is 24.2 Å². The van der Waals surface area contributed by atoms with Gasteiger partial charge in [0.2, 0.25) is 5.91 Å². The monoisotopic (exact) mass is 557 g/mol. The highest BCUT2D eigenvalue weighted by molar-refractivity contribution is 7.80. The quantitative estimate of drug-likeness (QED) is 0.290. The number of phenols is 1. The minimum absolute atomic E-state index is 0.00574. The van der Waals surface area contributed by atoms with E-state index in [1.54, 1.807) is 39.8 Å². The second kappa shape index (κ2) is 12.8. The number of hydrogen-bond donors (Lipinski definition) is 4. The first-order valence-corrected chi connectivity index (χ1v) is 13.8. The Kier molecular flexibility index (Phi) is 10.5. The molecule has 0 aliphatic carbocycles. The van der Waals surface area contributed by atoms with Crippen molar-refractivity contribution in [1.82, 2.24) is 10.2 Å². The number of amides is 3. The largest absolute Gasteiger partial charge is 0.508 e. The van der Waals surface area contributed by atoms with Crippen molar-refractivity contribution in [2.24, 2.45) is 0 Å². The second-order valence-corrected chi connectivity index (χ2v) is 11.8. The molecule has 0 heterocycles. The second-order valence-electron chi connectivity index (χ2n) is 11.5. The number of aromatic hydroxyl groups is 1. The molecule has 2 rings (SSSR count). The van der Waals surface area contributed by atoms with Crippen LogP contribution in [0.5, 0.6) is 5.75 Å². The lowest BCUT2D eigenvalue weighted by atomic mass is 9.91. The zero-order chi connectivity index (χ0) is 29.7. The molecular formula is C30H43N3O5S. The molecule has 0 aromatic heterocycles. The van der Waals surface area contributed by atoms with Crippen LogP contribution in [0.1, 0.15) is 76.3 Å². The molecule has 0 bridgehead atoms. The third-order valence-electron chi connectivity index (χ3n) is 6.70. The van der Waals surface area contributed by atoms with E-state index in [1.165, 1.54) is 11.0 Å². The summed E-state index contributed by atoms with van der Waals surface area (Å²) in [5.41, 5.74) is 1.97. The van der Waals surface area contributed by atoms with Crippen molar-refractivity contribution in [2.45, 2.75) is 92.0 Å². The lowest BCUT2D eigenvalue weighted by molar-refractivity contribution is -0.147. The van der Waals surface area contributed by atoms with E-state index in [4.69, 9.17) is 4.74 Å². The Hall–Kier alpha value is -3.20. The maximum Gasteiger partial charge on any atom is 0.408 e. The summed E-state index contributed by atoms with van der Waals surface area (Å²) in [4.78, 5) is 42.5. The van der Waals surface area contributed by atoms with Gasteiger partial charge in [0, 0.05) is 17.0 Å². The van der Waals surface area contributed by atoms with Gasteiger partial charge in [-0.3, -0.25) is 9.59 Å². The summed E-state index contributed by atoms with van der Waals surface area (Å²) in [6, 6.07) is 8.45. The summed E-state index contributed by atoms with van der Waals surface area (Å²) in [5.74, 6) is -0.813. The molecule has 2 aromatic carbocycles. The average molecular weight is 558 g/mol. The van der Waals surface area contributed by atoms with Gasteiger partial charge in [0.05, 0.1) is 0 Å². The molecule has 0 aliphatic heterocycles. The van der Waals surface area contributed by atoms with Crippen LogP contribution >= 0.6 is 12.6 Å². The predicted octanol–water partition coefficient (Wildman–Crippen LogP) is 5.84. The summed E-state index contributed by atoms with van der Waals surface area (Å²) in [7, 11) is 0. The number of nitrogens with zero attached hydrogens (tertiary/aromatic N) is 1. The van der Waals surface area contributed by atoms with Gasteiger partial charge in [0.1, 0.15) is 23.4 Å². The molecule has 0 radical (unpaired) electrons. The fraction of sp³-hybridized carbons (Fsp3) is 0.500. The van der Waals surface area contributed by atoms with Crippen LogP contribution in [0.3, 0.4) is 0 Å². The molecule has 0 fully saturated rings. The number of para-hydroxylation sites is 1. The first kappa shape index (κ1) is 32.0. The molecule has 8 nitrogen and oxygen atoms in total. The molecule has 0 saturated heterocycles. The average Bonchev–Trinajstić information content (AvgIpc) is 2.83. The van der Waals surface area contributed by atoms with E-state index in [0.29, 0.717) is 23.2 Å². The summed E-state index contributed by atoms with van der Waals surface area (Å²) in [5, 5.41) is 15.9. The van der Waals surface area contributed by atoms with Crippen LogP contribution in [0.15, 0.2) is 36.4 Å². The minimum Gasteiger partial charge on any atom is -0.508 e. The smallest absolute Gasteiger partial charge is 0.408 e. The third-order valence-corrected chi connectivity index (χ3v) is 7.06. The van der Waals surface area contributed by atoms with Crippen LogP contribution in [0.2, 0.25) is 0 Å². The molecule has 2 atom stereocenters. The van der Waals surface area contributed by atoms with Crippen molar-refractivity contribution in [3.05, 3.63) is 58.7 Å². The van der Waals surface area contributed by atoms with E-state index >= 15 is 0 Å². The lowest BCUT2D eigenvalue weighted by Crippen LogP contribution is -2.59. The number of rotatable bonds is 9. The van der Waals surface area contributed by atoms with Gasteiger partial charge in [0.25, 0.3) is 5.91 Å². The number of carbonyl (C=O) groups excluding carboxylic acids is 3. The predicted molar refractivity (Wildman–Crippen MR) is 158 cm³/mol. The number of anilines is 1. The Morgan fingerprint density at radius 1 is 1.00 bits per heavy atom. The number of alkyl carbamates (subject to hydrolysis) is 1. The maximum absolute atomic E-state index is 14.2. The zero-order valence-corrected chi connectivity index (χ0v) is 25.4. The molecule has 2 unspecified atom stereocenters. The topological polar surface area (TPSA) is 108 Å². The first-order chi connectivity index (χ1) is 18.0. The SMILES string of the molecule is CCC(C)(C)N(C(=O)C(CS)NC(=O)OC(C)(C)C)C(C(=O)Nc1c(C)cccc1C)c1ccc(O)c(C)c1. The lowest BCUT2D eigenvalue weighted by Gasteiger charge is -2.44. The number of carbonyl (C=O) groups is 3. The number of phenolic OH excluding ortho intramolecular Hbond substituents is 1. The van der Waals surface area contributed by atoms with E-state index in [1.807, 2.05) is 52.8 Å². The molecule has 0 aliphatic rings. The van der Waals surface area contributed by atoms with Crippen LogP contribution in [0.25, 0.3) is 0 Å². The normalized spacial score (nSPS) is 13.3. The zero-order valence-electron chi connectivity index (χ0n) is 24.5. The molecule has 0 spiro atoms. The molecule has 9 heteroatoms. The van der Waals surface area contributed by atoms with Gasteiger partial charge in [-0.1, -0.05) is 31.2 Å². The number of aryl methyl sites for hydroxylation is 3. The molecule has 3 amide bonds. The van der Waals surface area contributed by atoms with Crippen molar-refractivity contribution >= 4 is 36.2 Å². The third kappa shape index (κ3) is 8.14. The van der Waals surface area contributed by atoms with Crippen LogP contribution in [-0.2, 0) is 14.3 Å². The summed E-state index contributed by atoms with van der Waals surface area (Å²) in [6.45, 7) is 16.4. The first-order valence-electron chi connectivity index (χ1n) is 13.1. The number of thiol groups is 1. The maximum atomic E-state index is 14.2. The fourth-order valence-electron chi connectivity index (χ4n) is 4.22. The van der Waals surface area contributed by atoms with E-state index in [0.717, 1.165) is 11.1 Å². The van der Waals surface area contributed by atoms with Gasteiger partial charge in [0.15, 0.2) is 0 Å². The number of nitrogens with one attached hydrogen (secondary N) is 2. The standard InChI is InChI=1S/C30H43N3O5S/c1-10-30(8,9)33(27(36)22(17-39)31-28(37)38-29(5,6)7)25(21-14-15-23(34)20(4)16-21)26(35)32-24-18(2)12-11-13-19(24)3/h11-16,22,25,34,39H,10,17H2,1-9H3,(H,31,37)(H,32,35). The highest BCUT2D eigenvalue weighted by Gasteiger charge is 2.43. The summed E-state index contributed by atoms with van der Waals surface area (Å²) < 4.78 is 5.38. The number of ether oxygens (including phenoxy) is 1. The Labute approximate surface area is 237 Å². The van der Waals surface area contributed by atoms with Crippen LogP contribution < -0.4 is 10.6 Å². The van der Waals surface area contributed by atoms with Crippen LogP contribution in [0, 0.1) is 20.8 Å². The molecule has 3 N–H and O–H groups in total. The van der Waals surface area contributed by atoms with E-state index in [9.17, 15) is 19.5 Å². The van der Waals surface area contributed by atoms with E-state index < -0.39 is 41.1 Å². The van der Waals surface area contributed by atoms with Crippen molar-refractivity contribution in [3.63, 3.8) is 0 Å². The number of hydrogen-bond acceptors (Lipinski definition) is 6. The summed E-state index contributed by atoms with van der Waals surface area (Å²) >= 11 is 4.35. The molecular weight excluding hydrogens is 514 g/mol. The van der Waals surface area contributed by atoms with Crippen molar-refractivity contribution in [3.8, 4) is 5.75 Å². The van der Waals surface area contributed by atoms with Gasteiger partial charge >= 0.3 is 6.09 Å². The minimum atomic E-state index is -1.08. The van der Waals surface area contributed by atoms with Gasteiger partial charge in [-0.15, -0.1) is 0 Å². The van der Waals surface area contributed by atoms with E-state index in [-0.39, 0.29) is 11.5 Å². The Bertz CT molecular complexity index is 1190. The Balaban J connectivity index is 2.66. The highest BCUT2D eigenvalue weighted by atomic mass is 32.1. The molecule has 2 aromatic rings. The summed E-state index contributed by atoms with van der Waals surface area (Å²) in [6.07, 6.45) is -0.226. The Morgan fingerprint density at radius 3 is 2.08 bits per heavy atom. The van der Waals surface area contributed by atoms with Gasteiger partial charge in [-0.25, -0.2) is 4.79 Å². The van der Waals surface area contributed by atoms with Crippen molar-refractivity contribution in [2.75, 3.05) is 11.1 Å². The molecule has 39 heavy (non-hydrogen) atoms. The van der Waals surface area contributed by atoms with Gasteiger partial charge < -0.3 is 25.4 Å². The van der Waals surface area contributed by atoms with Gasteiger partial charge in [-0.2, -0.15) is 12.6 Å². The molecule has 214 valence electrons. The van der Waals surface area contributed by atoms with Crippen LogP contribution in [0.4, 0.5) is 10.5 Å². The highest BCUT2D eigenvalue weighted by Crippen LogP contribution is 2.35. The molecule has 0 saturated carbocycles. The fourth-order valence-corrected chi connectivity index (χ4v) is 4.47. The van der Waals surface area contributed by atoms with Crippen molar-refractivity contribution in [1.29, 1.82) is 0 Å². The Morgan fingerprint density at radius 2 is 1.59 bits per heavy atom. The van der Waals surface area contributed by atoms with E-state index in [2.05, 4.69) is 23.3 Å².